The number of rotatable bonds is 8. The molecular weight excluding hydrogens is 410 g/mol. The minimum Gasteiger partial charge on any atom is -0.354 e. The maximum atomic E-state index is 12.4. The van der Waals surface area contributed by atoms with Crippen LogP contribution in [0.25, 0.3) is 12.2 Å². The number of sulfonamides is 1. The van der Waals surface area contributed by atoms with Gasteiger partial charge in [-0.15, -0.1) is 11.3 Å². The molecule has 0 radical (unpaired) electrons. The van der Waals surface area contributed by atoms with Crippen molar-refractivity contribution in [2.45, 2.75) is 31.7 Å². The first-order chi connectivity index (χ1) is 13.9. The largest absolute Gasteiger partial charge is 0.354 e. The molecular formula is C20H21N3O4S2. The average Bonchev–Trinajstić information content (AvgIpc) is 3.36. The Morgan fingerprint density at radius 3 is 2.62 bits per heavy atom. The van der Waals surface area contributed by atoms with Gasteiger partial charge >= 0.3 is 0 Å². The Balaban J connectivity index is 1.70. The van der Waals surface area contributed by atoms with Gasteiger partial charge in [0.1, 0.15) is 11.4 Å². The van der Waals surface area contributed by atoms with Crippen LogP contribution in [-0.2, 0) is 21.4 Å². The monoisotopic (exact) mass is 431 g/mol. The van der Waals surface area contributed by atoms with Crippen molar-refractivity contribution in [3.05, 3.63) is 63.7 Å². The molecule has 0 fully saturated rings. The van der Waals surface area contributed by atoms with E-state index >= 15 is 0 Å². The van der Waals surface area contributed by atoms with E-state index in [2.05, 4.69) is 15.2 Å². The zero-order valence-electron chi connectivity index (χ0n) is 16.0. The summed E-state index contributed by atoms with van der Waals surface area (Å²) >= 11 is 1.50. The number of aromatic nitrogens is 1. The first-order valence-electron chi connectivity index (χ1n) is 8.95. The Hall–Kier alpha value is -2.75. The summed E-state index contributed by atoms with van der Waals surface area (Å²) in [6.07, 6.45) is 3.80. The van der Waals surface area contributed by atoms with Crippen LogP contribution in [0.15, 0.2) is 51.2 Å². The highest BCUT2D eigenvalue weighted by atomic mass is 32.2. The van der Waals surface area contributed by atoms with Crippen LogP contribution in [0.5, 0.6) is 0 Å². The predicted octanol–water partition coefficient (Wildman–Crippen LogP) is 4.04. The van der Waals surface area contributed by atoms with Gasteiger partial charge in [0.2, 0.25) is 15.9 Å². The molecule has 0 aliphatic carbocycles. The molecule has 0 atom stereocenters. The minimum absolute atomic E-state index is 0.129. The van der Waals surface area contributed by atoms with E-state index in [0.717, 1.165) is 10.4 Å². The molecule has 0 saturated carbocycles. The zero-order chi connectivity index (χ0) is 20.9. The van der Waals surface area contributed by atoms with Gasteiger partial charge in [-0.05, 0) is 42.1 Å². The van der Waals surface area contributed by atoms with Crippen molar-refractivity contribution in [3.63, 3.8) is 0 Å². The molecule has 1 amide bonds. The lowest BCUT2D eigenvalue weighted by atomic mass is 10.2. The van der Waals surface area contributed by atoms with Crippen LogP contribution in [0.1, 0.15) is 35.2 Å². The first-order valence-corrected chi connectivity index (χ1v) is 11.3. The number of anilines is 1. The molecule has 1 aromatic carbocycles. The van der Waals surface area contributed by atoms with Crippen LogP contribution in [0.3, 0.4) is 0 Å². The van der Waals surface area contributed by atoms with E-state index in [1.54, 1.807) is 50.3 Å². The van der Waals surface area contributed by atoms with Crippen molar-refractivity contribution in [2.24, 2.45) is 0 Å². The van der Waals surface area contributed by atoms with E-state index in [0.29, 0.717) is 23.6 Å². The van der Waals surface area contributed by atoms with Crippen LogP contribution in [-0.4, -0.2) is 19.5 Å². The number of amides is 1. The molecule has 152 valence electrons. The number of nitrogens with zero attached hydrogens (tertiary/aromatic N) is 1. The van der Waals surface area contributed by atoms with E-state index < -0.39 is 10.0 Å². The van der Waals surface area contributed by atoms with Crippen molar-refractivity contribution in [1.82, 2.24) is 9.88 Å². The minimum atomic E-state index is -3.58. The Labute approximate surface area is 173 Å². The molecule has 29 heavy (non-hydrogen) atoms. The second-order valence-electron chi connectivity index (χ2n) is 6.22. The molecule has 0 unspecified atom stereocenters. The Kier molecular flexibility index (Phi) is 6.63. The maximum Gasteiger partial charge on any atom is 0.240 e. The fraction of sp³-hybridized carbons (Fsp3) is 0.200. The van der Waals surface area contributed by atoms with Crippen molar-refractivity contribution in [3.8, 4) is 0 Å². The van der Waals surface area contributed by atoms with Gasteiger partial charge in [0.15, 0.2) is 5.76 Å². The third-order valence-electron chi connectivity index (χ3n) is 4.11. The molecule has 0 aliphatic rings. The van der Waals surface area contributed by atoms with Crippen LogP contribution < -0.4 is 10.0 Å². The van der Waals surface area contributed by atoms with E-state index in [9.17, 15) is 13.2 Å². The zero-order valence-corrected chi connectivity index (χ0v) is 17.6. The molecule has 0 aliphatic heterocycles. The summed E-state index contributed by atoms with van der Waals surface area (Å²) < 4.78 is 32.7. The average molecular weight is 432 g/mol. The number of nitrogens with one attached hydrogen (secondary N) is 2. The van der Waals surface area contributed by atoms with E-state index in [-0.39, 0.29) is 17.3 Å². The van der Waals surface area contributed by atoms with E-state index in [4.69, 9.17) is 4.52 Å². The molecule has 7 nitrogen and oxygen atoms in total. The molecule has 2 aromatic heterocycles. The lowest BCUT2D eigenvalue weighted by Crippen LogP contribution is -2.22. The lowest BCUT2D eigenvalue weighted by molar-refractivity contribution is -0.115. The van der Waals surface area contributed by atoms with Crippen molar-refractivity contribution in [1.29, 1.82) is 0 Å². The number of benzene rings is 1. The van der Waals surface area contributed by atoms with Gasteiger partial charge in [0.25, 0.3) is 0 Å². The number of hydrogen-bond acceptors (Lipinski definition) is 6. The van der Waals surface area contributed by atoms with Gasteiger partial charge in [0.05, 0.1) is 4.90 Å². The SMILES string of the molecule is CCC(=O)Nc1c(C)noc1C=Cc1ccc(S(=O)(=O)NCc2cccs2)cc1. The quantitative estimate of drug-likeness (QED) is 0.560. The van der Waals surface area contributed by atoms with E-state index in [1.807, 2.05) is 17.5 Å². The molecule has 9 heteroatoms. The van der Waals surface area contributed by atoms with Crippen LogP contribution in [0, 0.1) is 6.92 Å². The number of carbonyl (C=O) groups is 1. The van der Waals surface area contributed by atoms with Gasteiger partial charge in [-0.25, -0.2) is 13.1 Å². The van der Waals surface area contributed by atoms with E-state index in [1.165, 1.54) is 11.3 Å². The molecule has 2 heterocycles. The Morgan fingerprint density at radius 1 is 1.21 bits per heavy atom. The van der Waals surface area contributed by atoms with Crippen molar-refractivity contribution in [2.75, 3.05) is 5.32 Å². The van der Waals surface area contributed by atoms with Gasteiger partial charge in [-0.2, -0.15) is 0 Å². The Morgan fingerprint density at radius 2 is 1.97 bits per heavy atom. The summed E-state index contributed by atoms with van der Waals surface area (Å²) in [6.45, 7) is 3.77. The molecule has 3 rings (SSSR count). The highest BCUT2D eigenvalue weighted by molar-refractivity contribution is 7.89. The maximum absolute atomic E-state index is 12.4. The smallest absolute Gasteiger partial charge is 0.240 e. The molecule has 3 aromatic rings. The number of hydrogen-bond donors (Lipinski definition) is 2. The predicted molar refractivity (Wildman–Crippen MR) is 114 cm³/mol. The number of carbonyl (C=O) groups excluding carboxylic acids is 1. The third kappa shape index (κ3) is 5.41. The van der Waals surface area contributed by atoms with Gasteiger partial charge < -0.3 is 9.84 Å². The standard InChI is InChI=1S/C20H21N3O4S2/c1-3-19(24)22-20-14(2)23-27-18(20)11-8-15-6-9-17(10-7-15)29(25,26)21-13-16-5-4-12-28-16/h4-12,21H,3,13H2,1-2H3,(H,22,24). The van der Waals surface area contributed by atoms with Gasteiger partial charge in [-0.3, -0.25) is 4.79 Å². The summed E-state index contributed by atoms with van der Waals surface area (Å²) in [7, 11) is -3.58. The van der Waals surface area contributed by atoms with Gasteiger partial charge in [0, 0.05) is 17.8 Å². The first kappa shape index (κ1) is 21.0. The number of aryl methyl sites for hydroxylation is 1. The summed E-state index contributed by atoms with van der Waals surface area (Å²) in [6, 6.07) is 10.2. The molecule has 0 spiro atoms. The van der Waals surface area contributed by atoms with Crippen molar-refractivity contribution < 1.29 is 17.7 Å². The molecule has 2 N–H and O–H groups in total. The van der Waals surface area contributed by atoms with Crippen molar-refractivity contribution >= 4 is 45.1 Å². The topological polar surface area (TPSA) is 101 Å². The number of thiophene rings is 1. The lowest BCUT2D eigenvalue weighted by Gasteiger charge is -2.06. The van der Waals surface area contributed by atoms with Crippen LogP contribution >= 0.6 is 11.3 Å². The molecule has 0 saturated heterocycles. The normalized spacial score (nSPS) is 11.8. The summed E-state index contributed by atoms with van der Waals surface area (Å²) in [4.78, 5) is 12.8. The fourth-order valence-corrected chi connectivity index (χ4v) is 4.22. The summed E-state index contributed by atoms with van der Waals surface area (Å²) in [5, 5.41) is 8.55. The summed E-state index contributed by atoms with van der Waals surface area (Å²) in [5.74, 6) is 0.300. The Bertz CT molecular complexity index is 1100. The van der Waals surface area contributed by atoms with Crippen LogP contribution in [0.4, 0.5) is 5.69 Å². The summed E-state index contributed by atoms with van der Waals surface area (Å²) in [5.41, 5.74) is 1.90. The third-order valence-corrected chi connectivity index (χ3v) is 6.40. The fourth-order valence-electron chi connectivity index (χ4n) is 2.47. The molecule has 0 bridgehead atoms. The van der Waals surface area contributed by atoms with Gasteiger partial charge in [-0.1, -0.05) is 36.4 Å². The highest BCUT2D eigenvalue weighted by Gasteiger charge is 2.14. The highest BCUT2D eigenvalue weighted by Crippen LogP contribution is 2.23. The second kappa shape index (κ2) is 9.17. The second-order valence-corrected chi connectivity index (χ2v) is 9.01. The van der Waals surface area contributed by atoms with Crippen LogP contribution in [0.2, 0.25) is 0 Å².